The number of benzene rings is 1. The highest BCUT2D eigenvalue weighted by atomic mass is 16.5. The van der Waals surface area contributed by atoms with E-state index < -0.39 is 5.63 Å². The Morgan fingerprint density at radius 1 is 0.815 bits per heavy atom. The summed E-state index contributed by atoms with van der Waals surface area (Å²) in [6.45, 7) is 0. The summed E-state index contributed by atoms with van der Waals surface area (Å²) in [5.74, 6) is 0. The molecule has 5 heteroatoms. The van der Waals surface area contributed by atoms with E-state index in [1.165, 1.54) is 16.4 Å². The Morgan fingerprint density at radius 2 is 1.37 bits per heavy atom. The number of rotatable bonds is 6. The monoisotopic (exact) mass is 359 g/mol. The molecule has 0 aliphatic carbocycles. The molecule has 5 nitrogen and oxygen atoms in total. The molecule has 0 aliphatic rings. The second kappa shape index (κ2) is 9.10. The van der Waals surface area contributed by atoms with Crippen LogP contribution in [0.1, 0.15) is 11.1 Å². The van der Waals surface area contributed by atoms with E-state index in [9.17, 15) is 4.79 Å². The number of hydrogen-bond acceptors (Lipinski definition) is 2. The summed E-state index contributed by atoms with van der Waals surface area (Å²) in [7, 11) is 2.00. The van der Waals surface area contributed by atoms with Gasteiger partial charge >= 0.3 is 5.63 Å². The lowest BCUT2D eigenvalue weighted by Crippen LogP contribution is -2.31. The van der Waals surface area contributed by atoms with Crippen molar-refractivity contribution < 1.29 is 13.8 Å². The van der Waals surface area contributed by atoms with Crippen LogP contribution in [0, 0.1) is 0 Å². The molecule has 27 heavy (non-hydrogen) atoms. The van der Waals surface area contributed by atoms with E-state index in [2.05, 4.69) is 28.0 Å². The van der Waals surface area contributed by atoms with Crippen molar-refractivity contribution in [3.05, 3.63) is 113 Å². The Hall–Kier alpha value is -3.73. The summed E-state index contributed by atoms with van der Waals surface area (Å²) >= 11 is 0. The quantitative estimate of drug-likeness (QED) is 0.543. The van der Waals surface area contributed by atoms with Gasteiger partial charge in [-0.3, -0.25) is 4.52 Å². The summed E-state index contributed by atoms with van der Waals surface area (Å²) < 4.78 is 8.18. The number of nitrogens with zero attached hydrogens (tertiary/aromatic N) is 2. The van der Waals surface area contributed by atoms with Crippen LogP contribution in [0.3, 0.4) is 0 Å². The Labute approximate surface area is 157 Å². The highest BCUT2D eigenvalue weighted by Gasteiger charge is 2.08. The molecule has 0 radical (unpaired) electrons. The van der Waals surface area contributed by atoms with Crippen molar-refractivity contribution in [2.24, 2.45) is 7.05 Å². The van der Waals surface area contributed by atoms with Gasteiger partial charge in [0.25, 0.3) is 6.20 Å². The minimum absolute atomic E-state index is 0.412. The van der Waals surface area contributed by atoms with Gasteiger partial charge in [-0.15, -0.1) is 0 Å². The molecule has 0 atom stereocenters. The van der Waals surface area contributed by atoms with E-state index in [-0.39, 0.29) is 0 Å². The maximum Gasteiger partial charge on any atom is 0.427 e. The molecule has 0 bridgehead atoms. The minimum atomic E-state index is -0.412. The van der Waals surface area contributed by atoms with Gasteiger partial charge < -0.3 is 0 Å². The van der Waals surface area contributed by atoms with Gasteiger partial charge in [0.1, 0.15) is 7.05 Å². The molecule has 0 amide bonds. The van der Waals surface area contributed by atoms with Crippen LogP contribution >= 0.6 is 0 Å². The van der Waals surface area contributed by atoms with Crippen molar-refractivity contribution in [2.45, 2.75) is 0 Å². The van der Waals surface area contributed by atoms with Crippen LogP contribution in [0.25, 0.3) is 17.8 Å². The van der Waals surface area contributed by atoms with E-state index >= 15 is 0 Å². The Bertz CT molecular complexity index is 1030. The third kappa shape index (κ3) is 5.64. The topological polar surface area (TPSA) is 53.8 Å². The molecule has 0 unspecified atom stereocenters. The van der Waals surface area contributed by atoms with Gasteiger partial charge in [0.05, 0.1) is 0 Å². The van der Waals surface area contributed by atoms with Gasteiger partial charge in [-0.2, -0.15) is 0 Å². The number of hydrogen-bond donors (Lipinski definition) is 1. The van der Waals surface area contributed by atoms with Crippen LogP contribution in [0.5, 0.6) is 0 Å². The fraction of sp³-hybridized carbons (Fsp3) is 0.0455. The summed E-state index contributed by atoms with van der Waals surface area (Å²) in [4.78, 5) is 11.0. The first-order chi connectivity index (χ1) is 13.2. The first kappa shape index (κ1) is 18.1. The normalized spacial score (nSPS) is 12.2. The molecule has 2 heterocycles. The lowest BCUT2D eigenvalue weighted by molar-refractivity contribution is -0.671. The summed E-state index contributed by atoms with van der Waals surface area (Å²) in [6.07, 6.45) is 21.4. The van der Waals surface area contributed by atoms with Gasteiger partial charge in [0.2, 0.25) is 5.69 Å². The Morgan fingerprint density at radius 3 is 1.93 bits per heavy atom. The number of aromatic amines is 1. The number of allylic oxidation sites excluding steroid dienone is 6. The standard InChI is InChI=1S/C22H20N3O2/c1-24-16-14-20(15-17-24)9-7-5-3-2-4-6-8-19-10-12-21(13-11-19)25-18-22(26)27-23-25/h2-18H,1H3/q+1/p+1/b4-2+,5-3+,8-6+,9-7+. The summed E-state index contributed by atoms with van der Waals surface area (Å²) in [5, 5.41) is 2.52. The molecule has 1 N–H and O–H groups in total. The maximum atomic E-state index is 11.0. The number of aryl methyl sites for hydroxylation is 1. The third-order valence-electron chi connectivity index (χ3n) is 3.79. The summed E-state index contributed by atoms with van der Waals surface area (Å²) in [5.41, 5.74) is 2.65. The molecule has 0 saturated carbocycles. The van der Waals surface area contributed by atoms with Crippen molar-refractivity contribution >= 4 is 12.2 Å². The highest BCUT2D eigenvalue weighted by Crippen LogP contribution is 2.05. The number of pyridine rings is 1. The van der Waals surface area contributed by atoms with Crippen LogP contribution in [-0.2, 0) is 7.05 Å². The number of aromatic nitrogens is 3. The third-order valence-corrected chi connectivity index (χ3v) is 3.79. The predicted molar refractivity (Wildman–Crippen MR) is 105 cm³/mol. The average molecular weight is 359 g/mol. The second-order valence-electron chi connectivity index (χ2n) is 5.89. The SMILES string of the molecule is C[n+]1ccc(/C=C/C=C/C=C/C=C/c2ccc(-[n+]3cc(=O)o[nH]3)cc2)cc1. The molecule has 0 aliphatic heterocycles. The Kier molecular flexibility index (Phi) is 6.09. The molecule has 2 aromatic heterocycles. The fourth-order valence-electron chi connectivity index (χ4n) is 2.34. The largest absolute Gasteiger partial charge is 0.427 e. The molecule has 3 rings (SSSR count). The van der Waals surface area contributed by atoms with Crippen LogP contribution < -0.4 is 14.9 Å². The predicted octanol–water partition coefficient (Wildman–Crippen LogP) is 2.91. The van der Waals surface area contributed by atoms with Gasteiger partial charge in [-0.05, 0) is 33.2 Å². The molecule has 0 fully saturated rings. The average Bonchev–Trinajstić information content (AvgIpc) is 3.12. The second-order valence-corrected chi connectivity index (χ2v) is 5.89. The first-order valence-electron chi connectivity index (χ1n) is 8.55. The van der Waals surface area contributed by atoms with E-state index in [0.29, 0.717) is 0 Å². The zero-order valence-corrected chi connectivity index (χ0v) is 15.0. The smallest absolute Gasteiger partial charge is 0.283 e. The van der Waals surface area contributed by atoms with Crippen LogP contribution in [0.15, 0.2) is 101 Å². The van der Waals surface area contributed by atoms with Crippen molar-refractivity contribution in [3.8, 4) is 5.69 Å². The molecular formula is C22H21N3O2+2. The minimum Gasteiger partial charge on any atom is -0.283 e. The highest BCUT2D eigenvalue weighted by molar-refractivity contribution is 5.52. The van der Waals surface area contributed by atoms with Crippen molar-refractivity contribution in [1.29, 1.82) is 0 Å². The van der Waals surface area contributed by atoms with Crippen molar-refractivity contribution in [3.63, 3.8) is 0 Å². The van der Waals surface area contributed by atoms with Gasteiger partial charge in [-0.1, -0.05) is 48.6 Å². The van der Waals surface area contributed by atoms with Gasteiger partial charge in [0.15, 0.2) is 12.4 Å². The maximum absolute atomic E-state index is 11.0. The first-order valence-corrected chi connectivity index (χ1v) is 8.55. The lowest BCUT2D eigenvalue weighted by Gasteiger charge is -1.92. The van der Waals surface area contributed by atoms with Crippen LogP contribution in [0.4, 0.5) is 0 Å². The molecule has 134 valence electrons. The van der Waals surface area contributed by atoms with Gasteiger partial charge in [-0.25, -0.2) is 9.36 Å². The van der Waals surface area contributed by atoms with E-state index in [4.69, 9.17) is 0 Å². The fourth-order valence-corrected chi connectivity index (χ4v) is 2.34. The zero-order valence-electron chi connectivity index (χ0n) is 15.0. The zero-order chi connectivity index (χ0) is 18.9. The molecule has 0 saturated heterocycles. The molecule has 1 aromatic carbocycles. The Balaban J connectivity index is 1.49. The number of H-pyrrole nitrogens is 1. The molecule has 0 spiro atoms. The molecular weight excluding hydrogens is 338 g/mol. The van der Waals surface area contributed by atoms with Crippen molar-refractivity contribution in [1.82, 2.24) is 5.27 Å². The lowest BCUT2D eigenvalue weighted by atomic mass is 10.2. The number of nitrogens with one attached hydrogen (secondary N) is 1. The van der Waals surface area contributed by atoms with Crippen LogP contribution in [-0.4, -0.2) is 5.27 Å². The molecule has 3 aromatic rings. The van der Waals surface area contributed by atoms with Crippen molar-refractivity contribution in [2.75, 3.05) is 0 Å². The summed E-state index contributed by atoms with van der Waals surface area (Å²) in [6, 6.07) is 11.9. The van der Waals surface area contributed by atoms with E-state index in [0.717, 1.165) is 11.3 Å². The van der Waals surface area contributed by atoms with Gasteiger partial charge in [0, 0.05) is 24.3 Å². The van der Waals surface area contributed by atoms with Crippen LogP contribution in [0.2, 0.25) is 0 Å². The van der Waals surface area contributed by atoms with E-state index in [1.807, 2.05) is 90.8 Å². The van der Waals surface area contributed by atoms with E-state index in [1.54, 1.807) is 0 Å².